The fraction of sp³-hybridized carbons (Fsp3) is 0.562. The Kier molecular flexibility index (Phi) is 3.47. The molecule has 2 nitrogen and oxygen atoms in total. The number of nitrogens with zero attached hydrogens (tertiary/aromatic N) is 1. The molecule has 0 saturated carbocycles. The van der Waals surface area contributed by atoms with Crippen LogP contribution in [-0.4, -0.2) is 23.9 Å². The molecule has 0 radical (unpaired) electrons. The van der Waals surface area contributed by atoms with E-state index in [2.05, 4.69) is 39.8 Å². The standard InChI is InChI=1S/C16H23NO/c1-12(2)13-5-7-14(8-6-13)15(18)17-10-9-16(3,4)11-17/h5-8,12H,9-11H2,1-4H3. The van der Waals surface area contributed by atoms with Crippen LogP contribution in [0.15, 0.2) is 24.3 Å². The summed E-state index contributed by atoms with van der Waals surface area (Å²) in [6.45, 7) is 10.5. The lowest BCUT2D eigenvalue weighted by molar-refractivity contribution is 0.0778. The number of rotatable bonds is 2. The van der Waals surface area contributed by atoms with Gasteiger partial charge in [0.1, 0.15) is 0 Å². The van der Waals surface area contributed by atoms with Crippen LogP contribution in [0.25, 0.3) is 0 Å². The summed E-state index contributed by atoms with van der Waals surface area (Å²) < 4.78 is 0. The van der Waals surface area contributed by atoms with E-state index in [4.69, 9.17) is 0 Å². The molecular weight excluding hydrogens is 222 g/mol. The second-order valence-electron chi connectivity index (χ2n) is 6.42. The van der Waals surface area contributed by atoms with Gasteiger partial charge in [0.05, 0.1) is 0 Å². The fourth-order valence-electron chi connectivity index (χ4n) is 2.48. The van der Waals surface area contributed by atoms with Gasteiger partial charge in [0.25, 0.3) is 5.91 Å². The largest absolute Gasteiger partial charge is 0.338 e. The van der Waals surface area contributed by atoms with E-state index in [0.29, 0.717) is 5.92 Å². The van der Waals surface area contributed by atoms with Crippen molar-refractivity contribution in [1.82, 2.24) is 4.90 Å². The molecule has 0 spiro atoms. The topological polar surface area (TPSA) is 20.3 Å². The zero-order valence-electron chi connectivity index (χ0n) is 11.9. The Hall–Kier alpha value is -1.31. The van der Waals surface area contributed by atoms with Gasteiger partial charge in [0.15, 0.2) is 0 Å². The van der Waals surface area contributed by atoms with E-state index in [-0.39, 0.29) is 11.3 Å². The van der Waals surface area contributed by atoms with Gasteiger partial charge in [-0.1, -0.05) is 39.8 Å². The molecule has 0 aliphatic carbocycles. The second-order valence-corrected chi connectivity index (χ2v) is 6.42. The molecule has 1 aromatic rings. The molecule has 2 rings (SSSR count). The first-order chi connectivity index (χ1) is 8.39. The molecular formula is C16H23NO. The molecule has 1 heterocycles. The smallest absolute Gasteiger partial charge is 0.253 e. The van der Waals surface area contributed by atoms with Crippen molar-refractivity contribution in [2.45, 2.75) is 40.0 Å². The monoisotopic (exact) mass is 245 g/mol. The van der Waals surface area contributed by atoms with Crippen LogP contribution in [0.2, 0.25) is 0 Å². The highest BCUT2D eigenvalue weighted by Crippen LogP contribution is 2.29. The Morgan fingerprint density at radius 1 is 1.22 bits per heavy atom. The van der Waals surface area contributed by atoms with Crippen molar-refractivity contribution in [1.29, 1.82) is 0 Å². The van der Waals surface area contributed by atoms with E-state index >= 15 is 0 Å². The van der Waals surface area contributed by atoms with E-state index in [1.165, 1.54) is 5.56 Å². The number of carbonyl (C=O) groups is 1. The maximum atomic E-state index is 12.3. The number of benzene rings is 1. The predicted octanol–water partition coefficient (Wildman–Crippen LogP) is 3.68. The van der Waals surface area contributed by atoms with Crippen LogP contribution < -0.4 is 0 Å². The van der Waals surface area contributed by atoms with Crippen molar-refractivity contribution in [3.63, 3.8) is 0 Å². The molecule has 1 aromatic carbocycles. The van der Waals surface area contributed by atoms with Crippen molar-refractivity contribution in [3.8, 4) is 0 Å². The molecule has 1 amide bonds. The van der Waals surface area contributed by atoms with Crippen LogP contribution in [0.4, 0.5) is 0 Å². The van der Waals surface area contributed by atoms with Crippen molar-refractivity contribution in [3.05, 3.63) is 35.4 Å². The lowest BCUT2D eigenvalue weighted by Gasteiger charge is -2.20. The van der Waals surface area contributed by atoms with Gasteiger partial charge >= 0.3 is 0 Å². The summed E-state index contributed by atoms with van der Waals surface area (Å²) in [4.78, 5) is 14.3. The minimum Gasteiger partial charge on any atom is -0.338 e. The molecule has 1 saturated heterocycles. The van der Waals surface area contributed by atoms with Crippen LogP contribution >= 0.6 is 0 Å². The van der Waals surface area contributed by atoms with Gasteiger partial charge in [-0.05, 0) is 35.4 Å². The molecule has 2 heteroatoms. The van der Waals surface area contributed by atoms with Crippen molar-refractivity contribution in [2.24, 2.45) is 5.41 Å². The normalized spacial score (nSPS) is 18.4. The molecule has 0 N–H and O–H groups in total. The van der Waals surface area contributed by atoms with E-state index in [9.17, 15) is 4.79 Å². The number of amides is 1. The molecule has 0 unspecified atom stereocenters. The Morgan fingerprint density at radius 3 is 2.28 bits per heavy atom. The van der Waals surface area contributed by atoms with Gasteiger partial charge < -0.3 is 4.90 Å². The SMILES string of the molecule is CC(C)c1ccc(C(=O)N2CCC(C)(C)C2)cc1. The maximum absolute atomic E-state index is 12.3. The molecule has 0 atom stereocenters. The molecule has 98 valence electrons. The zero-order chi connectivity index (χ0) is 13.3. The third kappa shape index (κ3) is 2.74. The lowest BCUT2D eigenvalue weighted by atomic mass is 9.93. The summed E-state index contributed by atoms with van der Waals surface area (Å²) in [6, 6.07) is 8.06. The molecule has 1 aliphatic heterocycles. The first-order valence-electron chi connectivity index (χ1n) is 6.78. The van der Waals surface area contributed by atoms with Gasteiger partial charge in [-0.25, -0.2) is 0 Å². The van der Waals surface area contributed by atoms with Crippen molar-refractivity contribution in [2.75, 3.05) is 13.1 Å². The quantitative estimate of drug-likeness (QED) is 0.778. The second kappa shape index (κ2) is 4.75. The Balaban J connectivity index is 2.10. The maximum Gasteiger partial charge on any atom is 0.253 e. The minimum absolute atomic E-state index is 0.177. The predicted molar refractivity (Wildman–Crippen MR) is 74.8 cm³/mol. The number of hydrogen-bond donors (Lipinski definition) is 0. The molecule has 1 fully saturated rings. The highest BCUT2D eigenvalue weighted by atomic mass is 16.2. The Labute approximate surface area is 110 Å². The molecule has 1 aliphatic rings. The summed E-state index contributed by atoms with van der Waals surface area (Å²) >= 11 is 0. The summed E-state index contributed by atoms with van der Waals surface area (Å²) in [5.41, 5.74) is 2.37. The molecule has 0 bridgehead atoms. The minimum atomic E-state index is 0.177. The summed E-state index contributed by atoms with van der Waals surface area (Å²) in [6.07, 6.45) is 1.10. The lowest BCUT2D eigenvalue weighted by Crippen LogP contribution is -2.30. The average molecular weight is 245 g/mol. The zero-order valence-corrected chi connectivity index (χ0v) is 11.9. The van der Waals surface area contributed by atoms with E-state index < -0.39 is 0 Å². The Bertz CT molecular complexity index is 431. The summed E-state index contributed by atoms with van der Waals surface area (Å²) in [5.74, 6) is 0.691. The van der Waals surface area contributed by atoms with Crippen molar-refractivity contribution < 1.29 is 4.79 Å². The summed E-state index contributed by atoms with van der Waals surface area (Å²) in [7, 11) is 0. The van der Waals surface area contributed by atoms with Crippen molar-refractivity contribution >= 4 is 5.91 Å². The fourth-order valence-corrected chi connectivity index (χ4v) is 2.48. The Morgan fingerprint density at radius 2 is 1.83 bits per heavy atom. The van der Waals surface area contributed by atoms with Crippen LogP contribution in [0.3, 0.4) is 0 Å². The van der Waals surface area contributed by atoms with Gasteiger partial charge in [-0.3, -0.25) is 4.79 Å². The van der Waals surface area contributed by atoms with E-state index in [0.717, 1.165) is 25.1 Å². The van der Waals surface area contributed by atoms with Gasteiger partial charge in [0, 0.05) is 18.7 Å². The van der Waals surface area contributed by atoms with E-state index in [1.807, 2.05) is 17.0 Å². The van der Waals surface area contributed by atoms with Gasteiger partial charge in [-0.15, -0.1) is 0 Å². The number of likely N-dealkylation sites (tertiary alicyclic amines) is 1. The van der Waals surface area contributed by atoms with Gasteiger partial charge in [0.2, 0.25) is 0 Å². The van der Waals surface area contributed by atoms with Gasteiger partial charge in [-0.2, -0.15) is 0 Å². The number of hydrogen-bond acceptors (Lipinski definition) is 1. The number of carbonyl (C=O) groups excluding carboxylic acids is 1. The first-order valence-corrected chi connectivity index (χ1v) is 6.78. The molecule has 18 heavy (non-hydrogen) atoms. The van der Waals surface area contributed by atoms with Crippen LogP contribution in [0.5, 0.6) is 0 Å². The van der Waals surface area contributed by atoms with Crippen LogP contribution in [0, 0.1) is 5.41 Å². The highest BCUT2D eigenvalue weighted by molar-refractivity contribution is 5.94. The van der Waals surface area contributed by atoms with E-state index in [1.54, 1.807) is 0 Å². The summed E-state index contributed by atoms with van der Waals surface area (Å²) in [5, 5.41) is 0. The highest BCUT2D eigenvalue weighted by Gasteiger charge is 2.32. The molecule has 0 aromatic heterocycles. The first kappa shape index (κ1) is 13.1. The average Bonchev–Trinajstić information content (AvgIpc) is 2.69. The van der Waals surface area contributed by atoms with Crippen LogP contribution in [-0.2, 0) is 0 Å². The third-order valence-electron chi connectivity index (χ3n) is 3.79. The third-order valence-corrected chi connectivity index (χ3v) is 3.79. The van der Waals surface area contributed by atoms with Crippen LogP contribution in [0.1, 0.15) is 56.0 Å².